The molecule has 0 saturated heterocycles. The second-order valence-electron chi connectivity index (χ2n) is 6.17. The molecule has 5 heteroatoms. The molecule has 0 atom stereocenters. The largest absolute Gasteiger partial charge is 0.496 e. The van der Waals surface area contributed by atoms with Gasteiger partial charge in [0.25, 0.3) is 0 Å². The molecule has 4 rings (SSSR count). The minimum atomic E-state index is 0.628. The third-order valence-corrected chi connectivity index (χ3v) is 4.39. The summed E-state index contributed by atoms with van der Waals surface area (Å²) in [6.45, 7) is 0.738. The van der Waals surface area contributed by atoms with Gasteiger partial charge in [-0.15, -0.1) is 0 Å². The van der Waals surface area contributed by atoms with E-state index in [4.69, 9.17) is 4.74 Å². The van der Waals surface area contributed by atoms with Crippen LogP contribution >= 0.6 is 0 Å². The number of anilines is 1. The summed E-state index contributed by atoms with van der Waals surface area (Å²) in [6, 6.07) is 20.1. The quantitative estimate of drug-likeness (QED) is 0.556. The Hall–Kier alpha value is -3.47. The predicted molar refractivity (Wildman–Crippen MR) is 108 cm³/mol. The van der Waals surface area contributed by atoms with Crippen molar-refractivity contribution in [3.8, 4) is 16.9 Å². The Balaban J connectivity index is 1.52. The van der Waals surface area contributed by atoms with Crippen molar-refractivity contribution < 1.29 is 4.74 Å². The average Bonchev–Trinajstić information content (AvgIpc) is 2.74. The third-order valence-electron chi connectivity index (χ3n) is 4.39. The second-order valence-corrected chi connectivity index (χ2v) is 6.17. The van der Waals surface area contributed by atoms with Crippen LogP contribution in [0, 0.1) is 0 Å². The maximum absolute atomic E-state index is 5.47. The summed E-state index contributed by atoms with van der Waals surface area (Å²) in [5.74, 6) is 1.48. The van der Waals surface area contributed by atoms with E-state index in [0.717, 1.165) is 46.4 Å². The summed E-state index contributed by atoms with van der Waals surface area (Å²) in [5, 5.41) is 4.26. The topological polar surface area (TPSA) is 59.9 Å². The van der Waals surface area contributed by atoms with E-state index in [1.54, 1.807) is 13.3 Å². The van der Waals surface area contributed by atoms with Crippen LogP contribution in [0.4, 0.5) is 5.95 Å². The standard InChI is InChI=1S/C22H20N4O/c1-27-21-8-3-2-7-19(21)16-9-10-20-17(14-16)15-25-22(26-20)24-13-11-18-6-4-5-12-23-18/h2-10,12,14-15H,11,13H2,1H3,(H,24,25,26). The lowest BCUT2D eigenvalue weighted by atomic mass is 10.0. The van der Waals surface area contributed by atoms with Crippen molar-refractivity contribution in [2.75, 3.05) is 19.0 Å². The highest BCUT2D eigenvalue weighted by Crippen LogP contribution is 2.31. The molecule has 0 amide bonds. The zero-order valence-corrected chi connectivity index (χ0v) is 15.1. The predicted octanol–water partition coefficient (Wildman–Crippen LogP) is 4.36. The Morgan fingerprint density at radius 3 is 2.70 bits per heavy atom. The van der Waals surface area contributed by atoms with Crippen molar-refractivity contribution in [1.82, 2.24) is 15.0 Å². The molecule has 0 aliphatic rings. The first-order valence-corrected chi connectivity index (χ1v) is 8.87. The number of fused-ring (bicyclic) bond motifs is 1. The number of rotatable bonds is 6. The summed E-state index contributed by atoms with van der Waals surface area (Å²) in [4.78, 5) is 13.4. The van der Waals surface area contributed by atoms with Gasteiger partial charge in [-0.05, 0) is 35.9 Å². The Morgan fingerprint density at radius 2 is 1.85 bits per heavy atom. The van der Waals surface area contributed by atoms with Crippen molar-refractivity contribution in [3.05, 3.63) is 78.8 Å². The lowest BCUT2D eigenvalue weighted by Crippen LogP contribution is -2.08. The smallest absolute Gasteiger partial charge is 0.223 e. The van der Waals surface area contributed by atoms with E-state index in [0.29, 0.717) is 5.95 Å². The minimum absolute atomic E-state index is 0.628. The molecule has 4 aromatic rings. The number of nitrogens with one attached hydrogen (secondary N) is 1. The van der Waals surface area contributed by atoms with E-state index in [1.807, 2.05) is 54.7 Å². The Kier molecular flexibility index (Phi) is 4.92. The maximum atomic E-state index is 5.47. The van der Waals surface area contributed by atoms with Crippen molar-refractivity contribution in [1.29, 1.82) is 0 Å². The number of benzene rings is 2. The van der Waals surface area contributed by atoms with Gasteiger partial charge in [0.1, 0.15) is 5.75 Å². The Bertz CT molecular complexity index is 1050. The van der Waals surface area contributed by atoms with Gasteiger partial charge >= 0.3 is 0 Å². The summed E-state index contributed by atoms with van der Waals surface area (Å²) >= 11 is 0. The molecular weight excluding hydrogens is 336 g/mol. The van der Waals surface area contributed by atoms with Gasteiger partial charge in [0.05, 0.1) is 12.6 Å². The molecule has 2 heterocycles. The van der Waals surface area contributed by atoms with E-state index in [9.17, 15) is 0 Å². The molecule has 134 valence electrons. The maximum Gasteiger partial charge on any atom is 0.223 e. The first kappa shape index (κ1) is 17.0. The van der Waals surface area contributed by atoms with Crippen LogP contribution < -0.4 is 10.1 Å². The van der Waals surface area contributed by atoms with E-state index in [1.165, 1.54) is 0 Å². The fourth-order valence-electron chi connectivity index (χ4n) is 3.02. The minimum Gasteiger partial charge on any atom is -0.496 e. The van der Waals surface area contributed by atoms with Crippen LogP contribution in [0.2, 0.25) is 0 Å². The first-order valence-electron chi connectivity index (χ1n) is 8.87. The third kappa shape index (κ3) is 3.87. The molecule has 5 nitrogen and oxygen atoms in total. The molecule has 0 unspecified atom stereocenters. The number of para-hydroxylation sites is 1. The van der Waals surface area contributed by atoms with Crippen LogP contribution in [0.1, 0.15) is 5.69 Å². The summed E-state index contributed by atoms with van der Waals surface area (Å²) < 4.78 is 5.47. The van der Waals surface area contributed by atoms with Crippen LogP contribution in [0.15, 0.2) is 73.1 Å². The summed E-state index contributed by atoms with van der Waals surface area (Å²) in [5.41, 5.74) is 4.09. The fourth-order valence-corrected chi connectivity index (χ4v) is 3.02. The number of methoxy groups -OCH3 is 1. The van der Waals surface area contributed by atoms with E-state index in [2.05, 4.69) is 32.4 Å². The number of pyridine rings is 1. The number of nitrogens with zero attached hydrogens (tertiary/aromatic N) is 3. The lowest BCUT2D eigenvalue weighted by molar-refractivity contribution is 0.416. The Labute approximate surface area is 158 Å². The monoisotopic (exact) mass is 356 g/mol. The summed E-state index contributed by atoms with van der Waals surface area (Å²) in [6.07, 6.45) is 4.49. The fraction of sp³-hybridized carbons (Fsp3) is 0.136. The zero-order chi connectivity index (χ0) is 18.5. The van der Waals surface area contributed by atoms with Gasteiger partial charge in [0.2, 0.25) is 5.95 Å². The highest BCUT2D eigenvalue weighted by molar-refractivity contribution is 5.85. The van der Waals surface area contributed by atoms with Crippen molar-refractivity contribution in [2.24, 2.45) is 0 Å². The van der Waals surface area contributed by atoms with Gasteiger partial charge in [-0.25, -0.2) is 9.97 Å². The van der Waals surface area contributed by atoms with E-state index in [-0.39, 0.29) is 0 Å². The van der Waals surface area contributed by atoms with Crippen molar-refractivity contribution in [3.63, 3.8) is 0 Å². The highest BCUT2D eigenvalue weighted by atomic mass is 16.5. The van der Waals surface area contributed by atoms with Crippen LogP contribution in [-0.2, 0) is 6.42 Å². The van der Waals surface area contributed by atoms with Crippen LogP contribution in [-0.4, -0.2) is 28.6 Å². The van der Waals surface area contributed by atoms with Gasteiger partial charge in [0, 0.05) is 42.0 Å². The molecule has 27 heavy (non-hydrogen) atoms. The van der Waals surface area contributed by atoms with Gasteiger partial charge in [-0.2, -0.15) is 0 Å². The highest BCUT2D eigenvalue weighted by Gasteiger charge is 2.07. The molecular formula is C22H20N4O. The lowest BCUT2D eigenvalue weighted by Gasteiger charge is -2.10. The normalized spacial score (nSPS) is 10.7. The summed E-state index contributed by atoms with van der Waals surface area (Å²) in [7, 11) is 1.69. The van der Waals surface area contributed by atoms with Gasteiger partial charge in [-0.3, -0.25) is 4.98 Å². The SMILES string of the molecule is COc1ccccc1-c1ccc2nc(NCCc3ccccn3)ncc2c1. The molecule has 2 aromatic heterocycles. The molecule has 0 fully saturated rings. The molecule has 0 saturated carbocycles. The molecule has 0 aliphatic heterocycles. The first-order chi connectivity index (χ1) is 13.3. The molecule has 0 aliphatic carbocycles. The van der Waals surface area contributed by atoms with E-state index >= 15 is 0 Å². The molecule has 0 bridgehead atoms. The molecule has 0 spiro atoms. The van der Waals surface area contributed by atoms with Crippen LogP contribution in [0.25, 0.3) is 22.0 Å². The molecule has 1 N–H and O–H groups in total. The van der Waals surface area contributed by atoms with Crippen molar-refractivity contribution in [2.45, 2.75) is 6.42 Å². The second kappa shape index (κ2) is 7.83. The molecule has 0 radical (unpaired) electrons. The van der Waals surface area contributed by atoms with E-state index < -0.39 is 0 Å². The number of ether oxygens (including phenoxy) is 1. The van der Waals surface area contributed by atoms with Gasteiger partial charge < -0.3 is 10.1 Å². The Morgan fingerprint density at radius 1 is 0.963 bits per heavy atom. The number of hydrogen-bond donors (Lipinski definition) is 1. The number of hydrogen-bond acceptors (Lipinski definition) is 5. The van der Waals surface area contributed by atoms with Gasteiger partial charge in [0.15, 0.2) is 0 Å². The van der Waals surface area contributed by atoms with Gasteiger partial charge in [-0.1, -0.05) is 30.3 Å². The zero-order valence-electron chi connectivity index (χ0n) is 15.1. The average molecular weight is 356 g/mol. The van der Waals surface area contributed by atoms with Crippen molar-refractivity contribution >= 4 is 16.9 Å². The number of aromatic nitrogens is 3. The molecule has 2 aromatic carbocycles. The van der Waals surface area contributed by atoms with Crippen LogP contribution in [0.5, 0.6) is 5.75 Å². The van der Waals surface area contributed by atoms with Crippen LogP contribution in [0.3, 0.4) is 0 Å².